The first kappa shape index (κ1) is 18.8. The van der Waals surface area contributed by atoms with Gasteiger partial charge in [-0.25, -0.2) is 8.42 Å². The normalized spacial score (nSPS) is 24.6. The Morgan fingerprint density at radius 2 is 2.16 bits per heavy atom. The molecule has 1 atom stereocenters. The minimum atomic E-state index is -3.14. The van der Waals surface area contributed by atoms with E-state index in [1.165, 1.54) is 0 Å². The summed E-state index contributed by atoms with van der Waals surface area (Å²) >= 11 is 0. The Labute approximate surface area is 151 Å². The second kappa shape index (κ2) is 7.31. The van der Waals surface area contributed by atoms with Crippen LogP contribution in [0.3, 0.4) is 0 Å². The number of piperidine rings is 1. The number of hydrogen-bond acceptors (Lipinski definition) is 5. The summed E-state index contributed by atoms with van der Waals surface area (Å²) in [4.78, 5) is 6.45. The van der Waals surface area contributed by atoms with E-state index in [-0.39, 0.29) is 10.8 Å². The van der Waals surface area contributed by atoms with Crippen LogP contribution in [0.5, 0.6) is 0 Å². The maximum absolute atomic E-state index is 12.3. The van der Waals surface area contributed by atoms with Gasteiger partial charge >= 0.3 is 0 Å². The Bertz CT molecular complexity index is 672. The Balaban J connectivity index is 1.53. The molecule has 140 valence electrons. The minimum Gasteiger partial charge on any atom is -0.376 e. The zero-order valence-corrected chi connectivity index (χ0v) is 16.2. The van der Waals surface area contributed by atoms with E-state index in [0.29, 0.717) is 25.6 Å². The fourth-order valence-corrected chi connectivity index (χ4v) is 5.27. The average molecular weight is 368 g/mol. The van der Waals surface area contributed by atoms with E-state index in [1.54, 1.807) is 24.3 Å². The van der Waals surface area contributed by atoms with Gasteiger partial charge in [-0.1, -0.05) is 6.07 Å². The molecule has 2 aliphatic rings. The Morgan fingerprint density at radius 1 is 1.40 bits per heavy atom. The molecule has 3 heterocycles. The van der Waals surface area contributed by atoms with Gasteiger partial charge in [0.2, 0.25) is 10.0 Å². The van der Waals surface area contributed by atoms with E-state index in [4.69, 9.17) is 4.74 Å². The van der Waals surface area contributed by atoms with Gasteiger partial charge in [0.05, 0.1) is 11.9 Å². The molecule has 1 spiro atoms. The van der Waals surface area contributed by atoms with E-state index in [2.05, 4.69) is 16.9 Å². The molecule has 7 heteroatoms. The summed E-state index contributed by atoms with van der Waals surface area (Å²) in [5, 5.41) is -0.350. The van der Waals surface area contributed by atoms with Crippen LogP contribution in [0.15, 0.2) is 24.5 Å². The van der Waals surface area contributed by atoms with Crippen LogP contribution in [0.4, 0.5) is 0 Å². The standard InChI is InChI=1S/C18H29N3O3S/c1-15(2)25(22,23)21-13-18(14-21)9-16(6-8-20(18)3)11-24-12-17-5-4-7-19-10-17/h4-5,7,10,15-16H,6,8-9,11-14H2,1-3H3/t16-/m1/s1. The van der Waals surface area contributed by atoms with Gasteiger partial charge < -0.3 is 4.74 Å². The summed E-state index contributed by atoms with van der Waals surface area (Å²) in [6, 6.07) is 3.94. The van der Waals surface area contributed by atoms with Crippen molar-refractivity contribution in [2.24, 2.45) is 5.92 Å². The lowest BCUT2D eigenvalue weighted by atomic mass is 9.77. The third-order valence-corrected chi connectivity index (χ3v) is 7.76. The van der Waals surface area contributed by atoms with Gasteiger partial charge in [-0.2, -0.15) is 4.31 Å². The molecule has 2 fully saturated rings. The van der Waals surface area contributed by atoms with Crippen LogP contribution in [0.25, 0.3) is 0 Å². The van der Waals surface area contributed by atoms with Crippen molar-refractivity contribution in [3.8, 4) is 0 Å². The fraction of sp³-hybridized carbons (Fsp3) is 0.722. The molecule has 0 saturated carbocycles. The highest BCUT2D eigenvalue weighted by atomic mass is 32.2. The third kappa shape index (κ3) is 3.89. The van der Waals surface area contributed by atoms with E-state index < -0.39 is 10.0 Å². The van der Waals surface area contributed by atoms with Gasteiger partial charge in [-0.15, -0.1) is 0 Å². The van der Waals surface area contributed by atoms with Crippen LogP contribution in [0.2, 0.25) is 0 Å². The van der Waals surface area contributed by atoms with Crippen molar-refractivity contribution in [2.75, 3.05) is 33.3 Å². The number of ether oxygens (including phenoxy) is 1. The minimum absolute atomic E-state index is 0.0114. The monoisotopic (exact) mass is 367 g/mol. The van der Waals surface area contributed by atoms with Crippen molar-refractivity contribution < 1.29 is 13.2 Å². The molecule has 2 saturated heterocycles. The molecule has 1 aromatic heterocycles. The number of rotatable bonds is 6. The zero-order chi connectivity index (χ0) is 18.1. The second-order valence-corrected chi connectivity index (χ2v) is 10.2. The molecule has 0 bridgehead atoms. The smallest absolute Gasteiger partial charge is 0.216 e. The summed E-state index contributed by atoms with van der Waals surface area (Å²) in [5.74, 6) is 0.483. The number of hydrogen-bond donors (Lipinski definition) is 0. The van der Waals surface area contributed by atoms with Gasteiger partial charge in [0.15, 0.2) is 0 Å². The van der Waals surface area contributed by atoms with Gasteiger partial charge in [0.25, 0.3) is 0 Å². The van der Waals surface area contributed by atoms with Crippen molar-refractivity contribution >= 4 is 10.0 Å². The van der Waals surface area contributed by atoms with Crippen LogP contribution >= 0.6 is 0 Å². The van der Waals surface area contributed by atoms with Crippen molar-refractivity contribution in [3.63, 3.8) is 0 Å². The molecule has 0 radical (unpaired) electrons. The van der Waals surface area contributed by atoms with Gasteiger partial charge in [-0.05, 0) is 57.8 Å². The average Bonchev–Trinajstić information content (AvgIpc) is 2.55. The number of sulfonamides is 1. The molecular formula is C18H29N3O3S. The quantitative estimate of drug-likeness (QED) is 0.766. The van der Waals surface area contributed by atoms with Crippen LogP contribution in [-0.4, -0.2) is 66.7 Å². The summed E-state index contributed by atoms with van der Waals surface area (Å²) in [6.07, 6.45) is 5.69. The van der Waals surface area contributed by atoms with Gasteiger partial charge in [0.1, 0.15) is 0 Å². The van der Waals surface area contributed by atoms with Crippen molar-refractivity contribution in [3.05, 3.63) is 30.1 Å². The Kier molecular flexibility index (Phi) is 5.48. The topological polar surface area (TPSA) is 62.7 Å². The molecule has 25 heavy (non-hydrogen) atoms. The SMILES string of the molecule is CC(C)S(=O)(=O)N1CC2(C[C@H](COCc3cccnc3)CCN2C)C1. The Morgan fingerprint density at radius 3 is 2.80 bits per heavy atom. The highest BCUT2D eigenvalue weighted by molar-refractivity contribution is 7.89. The van der Waals surface area contributed by atoms with Crippen LogP contribution < -0.4 is 0 Å². The first-order valence-corrected chi connectivity index (χ1v) is 10.5. The van der Waals surface area contributed by atoms with E-state index >= 15 is 0 Å². The van der Waals surface area contributed by atoms with Crippen LogP contribution in [0, 0.1) is 5.92 Å². The molecule has 0 unspecified atom stereocenters. The highest BCUT2D eigenvalue weighted by Gasteiger charge is 2.53. The van der Waals surface area contributed by atoms with E-state index in [9.17, 15) is 8.42 Å². The molecule has 0 aromatic carbocycles. The summed E-state index contributed by atoms with van der Waals surface area (Å²) in [5.41, 5.74) is 1.07. The number of nitrogens with zero attached hydrogens (tertiary/aromatic N) is 3. The van der Waals surface area contributed by atoms with E-state index in [1.807, 2.05) is 18.3 Å². The lowest BCUT2D eigenvalue weighted by Gasteiger charge is -2.58. The molecule has 1 aromatic rings. The van der Waals surface area contributed by atoms with Crippen molar-refractivity contribution in [1.29, 1.82) is 0 Å². The predicted molar refractivity (Wildman–Crippen MR) is 97.6 cm³/mol. The molecule has 6 nitrogen and oxygen atoms in total. The second-order valence-electron chi connectivity index (χ2n) is 7.74. The summed E-state index contributed by atoms with van der Waals surface area (Å²) < 4.78 is 32.2. The van der Waals surface area contributed by atoms with Crippen LogP contribution in [-0.2, 0) is 21.4 Å². The highest BCUT2D eigenvalue weighted by Crippen LogP contribution is 2.40. The Hall–Kier alpha value is -1.02. The molecule has 0 N–H and O–H groups in total. The number of aromatic nitrogens is 1. The molecule has 3 rings (SSSR count). The largest absolute Gasteiger partial charge is 0.376 e. The summed E-state index contributed by atoms with van der Waals surface area (Å²) in [7, 11) is -1.02. The molecule has 0 amide bonds. The van der Waals surface area contributed by atoms with Gasteiger partial charge in [0, 0.05) is 37.6 Å². The number of likely N-dealkylation sites (N-methyl/N-ethyl adjacent to an activating group) is 1. The van der Waals surface area contributed by atoms with Crippen LogP contribution in [0.1, 0.15) is 32.3 Å². The lowest BCUT2D eigenvalue weighted by molar-refractivity contribution is -0.0602. The maximum atomic E-state index is 12.3. The first-order valence-electron chi connectivity index (χ1n) is 9.00. The van der Waals surface area contributed by atoms with E-state index in [0.717, 1.165) is 31.6 Å². The molecular weight excluding hydrogens is 338 g/mol. The predicted octanol–water partition coefficient (Wildman–Crippen LogP) is 1.73. The van der Waals surface area contributed by atoms with Crippen molar-refractivity contribution in [1.82, 2.24) is 14.2 Å². The van der Waals surface area contributed by atoms with Gasteiger partial charge in [-0.3, -0.25) is 9.88 Å². The molecule has 2 aliphatic heterocycles. The summed E-state index contributed by atoms with van der Waals surface area (Å²) in [6.45, 7) is 7.03. The fourth-order valence-electron chi connectivity index (χ4n) is 3.84. The van der Waals surface area contributed by atoms with Crippen molar-refractivity contribution in [2.45, 2.75) is 44.1 Å². The number of pyridine rings is 1. The zero-order valence-electron chi connectivity index (χ0n) is 15.4. The maximum Gasteiger partial charge on any atom is 0.216 e. The molecule has 0 aliphatic carbocycles. The lowest BCUT2D eigenvalue weighted by Crippen LogP contribution is -2.73. The number of likely N-dealkylation sites (tertiary alicyclic amines) is 1. The first-order chi connectivity index (χ1) is 11.8. The third-order valence-electron chi connectivity index (χ3n) is 5.59.